The molecule has 0 fully saturated rings. The lowest BCUT2D eigenvalue weighted by molar-refractivity contribution is 0.594. The lowest BCUT2D eigenvalue weighted by atomic mass is 10.0. The molecule has 124 valence electrons. The molecule has 0 saturated carbocycles. The number of benzene rings is 3. The van der Waals surface area contributed by atoms with Gasteiger partial charge in [-0.25, -0.2) is 8.42 Å². The second-order valence-corrected chi connectivity index (χ2v) is 8.20. The molecule has 3 aromatic carbocycles. The van der Waals surface area contributed by atoms with Crippen molar-refractivity contribution in [3.05, 3.63) is 72.3 Å². The van der Waals surface area contributed by atoms with Gasteiger partial charge in [0, 0.05) is 7.05 Å². The molecule has 0 saturated heterocycles. The molecule has 3 nitrogen and oxygen atoms in total. The van der Waals surface area contributed by atoms with Crippen molar-refractivity contribution in [2.45, 2.75) is 24.7 Å². The van der Waals surface area contributed by atoms with Gasteiger partial charge in [0.1, 0.15) is 0 Å². The number of hydrogen-bond donors (Lipinski definition) is 0. The summed E-state index contributed by atoms with van der Waals surface area (Å²) in [5.41, 5.74) is 1.79. The summed E-state index contributed by atoms with van der Waals surface area (Å²) < 4.78 is 27.3. The van der Waals surface area contributed by atoms with Gasteiger partial charge in [-0.2, -0.15) is 0 Å². The van der Waals surface area contributed by atoms with Gasteiger partial charge in [0.2, 0.25) is 0 Å². The third-order valence-electron chi connectivity index (χ3n) is 4.28. The van der Waals surface area contributed by atoms with E-state index >= 15 is 0 Å². The molecule has 0 aromatic heterocycles. The van der Waals surface area contributed by atoms with Gasteiger partial charge in [-0.05, 0) is 46.5 Å². The molecule has 0 unspecified atom stereocenters. The van der Waals surface area contributed by atoms with Gasteiger partial charge in [-0.3, -0.25) is 4.31 Å². The van der Waals surface area contributed by atoms with Crippen LogP contribution in [0.1, 0.15) is 25.3 Å². The zero-order valence-corrected chi connectivity index (χ0v) is 14.9. The zero-order chi connectivity index (χ0) is 17.3. The maximum Gasteiger partial charge on any atom is 0.264 e. The number of anilines is 1. The summed E-state index contributed by atoms with van der Waals surface area (Å²) in [5.74, 6) is 0.349. The Balaban J connectivity index is 2.03. The van der Waals surface area contributed by atoms with E-state index in [1.54, 1.807) is 19.2 Å². The SMILES string of the molecule is CC(C)c1cccc(N(C)S(=O)(=O)c2ccc3ccccc3c2)c1. The first-order valence-electron chi connectivity index (χ1n) is 7.97. The highest BCUT2D eigenvalue weighted by molar-refractivity contribution is 7.92. The Hall–Kier alpha value is -2.33. The highest BCUT2D eigenvalue weighted by Crippen LogP contribution is 2.27. The Morgan fingerprint density at radius 1 is 0.833 bits per heavy atom. The van der Waals surface area contributed by atoms with Crippen LogP contribution in [0.5, 0.6) is 0 Å². The third-order valence-corrected chi connectivity index (χ3v) is 6.06. The summed E-state index contributed by atoms with van der Waals surface area (Å²) in [6.45, 7) is 4.19. The first kappa shape index (κ1) is 16.5. The topological polar surface area (TPSA) is 37.4 Å². The Bertz CT molecular complexity index is 978. The van der Waals surface area contributed by atoms with Crippen molar-refractivity contribution in [1.82, 2.24) is 0 Å². The fraction of sp³-hybridized carbons (Fsp3) is 0.200. The van der Waals surface area contributed by atoms with Crippen LogP contribution in [0, 0.1) is 0 Å². The first-order chi connectivity index (χ1) is 11.4. The molecule has 0 atom stereocenters. The van der Waals surface area contributed by atoms with Crippen LogP contribution in [0.4, 0.5) is 5.69 Å². The molecule has 0 bridgehead atoms. The lowest BCUT2D eigenvalue weighted by Crippen LogP contribution is -2.26. The lowest BCUT2D eigenvalue weighted by Gasteiger charge is -2.21. The monoisotopic (exact) mass is 339 g/mol. The third kappa shape index (κ3) is 3.02. The Kier molecular flexibility index (Phi) is 4.33. The van der Waals surface area contributed by atoms with Gasteiger partial charge < -0.3 is 0 Å². The molecule has 0 aliphatic carbocycles. The Morgan fingerprint density at radius 2 is 1.54 bits per heavy atom. The number of sulfonamides is 1. The van der Waals surface area contributed by atoms with Crippen LogP contribution in [-0.4, -0.2) is 15.5 Å². The van der Waals surface area contributed by atoms with Gasteiger partial charge in [-0.1, -0.05) is 56.3 Å². The summed E-state index contributed by atoms with van der Waals surface area (Å²) in [7, 11) is -1.99. The van der Waals surface area contributed by atoms with Crippen LogP contribution in [0.3, 0.4) is 0 Å². The minimum absolute atomic E-state index is 0.304. The van der Waals surface area contributed by atoms with Crippen molar-refractivity contribution in [3.63, 3.8) is 0 Å². The van der Waals surface area contributed by atoms with E-state index in [4.69, 9.17) is 0 Å². The molecule has 0 N–H and O–H groups in total. The minimum Gasteiger partial charge on any atom is -0.269 e. The van der Waals surface area contributed by atoms with E-state index in [2.05, 4.69) is 13.8 Å². The van der Waals surface area contributed by atoms with E-state index in [-0.39, 0.29) is 0 Å². The molecule has 0 amide bonds. The molecule has 0 heterocycles. The normalized spacial score (nSPS) is 11.8. The summed E-state index contributed by atoms with van der Waals surface area (Å²) in [4.78, 5) is 0.304. The molecule has 4 heteroatoms. The second-order valence-electron chi connectivity index (χ2n) is 6.23. The second kappa shape index (κ2) is 6.29. The summed E-state index contributed by atoms with van der Waals surface area (Å²) in [6.07, 6.45) is 0. The fourth-order valence-corrected chi connectivity index (χ4v) is 3.93. The fourth-order valence-electron chi connectivity index (χ4n) is 2.70. The summed E-state index contributed by atoms with van der Waals surface area (Å²) >= 11 is 0. The van der Waals surface area contributed by atoms with Crippen molar-refractivity contribution in [1.29, 1.82) is 0 Å². The quantitative estimate of drug-likeness (QED) is 0.685. The van der Waals surface area contributed by atoms with Crippen molar-refractivity contribution in [2.75, 3.05) is 11.4 Å². The predicted octanol–water partition coefficient (Wildman–Crippen LogP) is 4.79. The van der Waals surface area contributed by atoms with Gasteiger partial charge in [0.25, 0.3) is 10.0 Å². The highest BCUT2D eigenvalue weighted by Gasteiger charge is 2.22. The maximum absolute atomic E-state index is 13.0. The largest absolute Gasteiger partial charge is 0.269 e. The Labute approximate surface area is 143 Å². The number of rotatable bonds is 4. The van der Waals surface area contributed by atoms with E-state index < -0.39 is 10.0 Å². The molecular formula is C20H21NO2S. The maximum atomic E-state index is 13.0. The van der Waals surface area contributed by atoms with Crippen LogP contribution < -0.4 is 4.31 Å². The van der Waals surface area contributed by atoms with Crippen LogP contribution >= 0.6 is 0 Å². The molecule has 0 spiro atoms. The average Bonchev–Trinajstić information content (AvgIpc) is 2.60. The molecule has 3 rings (SSSR count). The summed E-state index contributed by atoms with van der Waals surface area (Å²) in [5, 5.41) is 1.95. The van der Waals surface area contributed by atoms with Crippen molar-refractivity contribution >= 4 is 26.5 Å². The van der Waals surface area contributed by atoms with Crippen LogP contribution in [-0.2, 0) is 10.0 Å². The van der Waals surface area contributed by atoms with E-state index in [9.17, 15) is 8.42 Å². The van der Waals surface area contributed by atoms with E-state index in [0.717, 1.165) is 16.3 Å². The van der Waals surface area contributed by atoms with Crippen molar-refractivity contribution in [3.8, 4) is 0 Å². The number of fused-ring (bicyclic) bond motifs is 1. The van der Waals surface area contributed by atoms with Gasteiger partial charge in [-0.15, -0.1) is 0 Å². The van der Waals surface area contributed by atoms with Gasteiger partial charge in [0.15, 0.2) is 0 Å². The molecular weight excluding hydrogens is 318 g/mol. The Morgan fingerprint density at radius 3 is 2.25 bits per heavy atom. The zero-order valence-electron chi connectivity index (χ0n) is 14.1. The standard InChI is InChI=1S/C20H21NO2S/c1-15(2)17-9-6-10-19(13-17)21(3)24(22,23)20-12-11-16-7-4-5-8-18(16)14-20/h4-15H,1-3H3. The molecule has 0 aliphatic rings. The van der Waals surface area contributed by atoms with Gasteiger partial charge >= 0.3 is 0 Å². The summed E-state index contributed by atoms with van der Waals surface area (Å²) in [6, 6.07) is 20.7. The predicted molar refractivity (Wildman–Crippen MR) is 100 cm³/mol. The van der Waals surface area contributed by atoms with Crippen molar-refractivity contribution < 1.29 is 8.42 Å². The molecule has 24 heavy (non-hydrogen) atoms. The van der Waals surface area contributed by atoms with Crippen LogP contribution in [0.2, 0.25) is 0 Å². The number of hydrogen-bond acceptors (Lipinski definition) is 2. The first-order valence-corrected chi connectivity index (χ1v) is 9.41. The molecule has 0 aliphatic heterocycles. The highest BCUT2D eigenvalue weighted by atomic mass is 32.2. The average molecular weight is 339 g/mol. The molecule has 3 aromatic rings. The van der Waals surface area contributed by atoms with E-state index in [1.165, 1.54) is 4.31 Å². The minimum atomic E-state index is -3.59. The van der Waals surface area contributed by atoms with Gasteiger partial charge in [0.05, 0.1) is 10.6 Å². The van der Waals surface area contributed by atoms with Crippen LogP contribution in [0.15, 0.2) is 71.6 Å². The smallest absolute Gasteiger partial charge is 0.264 e. The van der Waals surface area contributed by atoms with Crippen LogP contribution in [0.25, 0.3) is 10.8 Å². The van der Waals surface area contributed by atoms with E-state index in [0.29, 0.717) is 16.5 Å². The van der Waals surface area contributed by atoms with E-state index in [1.807, 2.05) is 54.6 Å². The van der Waals surface area contributed by atoms with Crippen molar-refractivity contribution in [2.24, 2.45) is 0 Å². The molecule has 0 radical (unpaired) electrons. The number of nitrogens with zero attached hydrogens (tertiary/aromatic N) is 1.